The molecule has 5 nitrogen and oxygen atoms in total. The molecule has 3 aromatic rings. The smallest absolute Gasteiger partial charge is 0.243 e. The van der Waals surface area contributed by atoms with Gasteiger partial charge in [0.15, 0.2) is 0 Å². The molecule has 0 aliphatic heterocycles. The molecule has 3 aromatic carbocycles. The van der Waals surface area contributed by atoms with E-state index in [1.165, 1.54) is 28.6 Å². The second kappa shape index (κ2) is 10.5. The Bertz CT molecular complexity index is 1180. The molecule has 1 N–H and O–H groups in total. The largest absolute Gasteiger partial charge is 0.348 e. The molecule has 1 amide bonds. The van der Waals surface area contributed by atoms with Crippen molar-refractivity contribution in [2.45, 2.75) is 31.3 Å². The van der Waals surface area contributed by atoms with Gasteiger partial charge in [-0.15, -0.1) is 0 Å². The van der Waals surface area contributed by atoms with Crippen LogP contribution < -0.4 is 5.32 Å². The van der Waals surface area contributed by atoms with Gasteiger partial charge in [0.2, 0.25) is 15.9 Å². The third-order valence-corrected chi connectivity index (χ3v) is 7.44. The molecule has 1 atom stereocenters. The number of nitrogens with one attached hydrogen (secondary N) is 1. The molecular weight excluding hydrogens is 467 g/mol. The van der Waals surface area contributed by atoms with E-state index >= 15 is 0 Å². The summed E-state index contributed by atoms with van der Waals surface area (Å²) in [6.45, 7) is 3.49. The summed E-state index contributed by atoms with van der Waals surface area (Å²) in [5.74, 6) is -0.404. The van der Waals surface area contributed by atoms with Gasteiger partial charge in [-0.3, -0.25) is 4.79 Å². The van der Waals surface area contributed by atoms with Crippen molar-refractivity contribution in [1.29, 1.82) is 0 Å². The highest BCUT2D eigenvalue weighted by Gasteiger charge is 2.28. The predicted octanol–water partition coefficient (Wildman–Crippen LogP) is 5.37. The molecule has 8 heteroatoms. The maximum absolute atomic E-state index is 13.4. The van der Waals surface area contributed by atoms with Crippen molar-refractivity contribution in [3.05, 3.63) is 99.5 Å². The number of halogens is 2. The highest BCUT2D eigenvalue weighted by atomic mass is 35.5. The number of hydrogen-bond donors (Lipinski definition) is 1. The van der Waals surface area contributed by atoms with Crippen molar-refractivity contribution >= 4 is 39.1 Å². The van der Waals surface area contributed by atoms with Crippen LogP contribution in [-0.4, -0.2) is 25.2 Å². The lowest BCUT2D eigenvalue weighted by Gasteiger charge is -2.24. The van der Waals surface area contributed by atoms with E-state index in [0.717, 1.165) is 16.7 Å². The quantitative estimate of drug-likeness (QED) is 0.461. The van der Waals surface area contributed by atoms with E-state index in [2.05, 4.69) is 5.32 Å². The predicted molar refractivity (Wildman–Crippen MR) is 128 cm³/mol. The van der Waals surface area contributed by atoms with Gasteiger partial charge < -0.3 is 5.32 Å². The summed E-state index contributed by atoms with van der Waals surface area (Å²) >= 11 is 11.9. The lowest BCUT2D eigenvalue weighted by molar-refractivity contribution is -0.122. The molecule has 3 rings (SSSR count). The number of rotatable bonds is 8. The summed E-state index contributed by atoms with van der Waals surface area (Å²) in [6, 6.07) is 20.2. The van der Waals surface area contributed by atoms with E-state index in [1.54, 1.807) is 12.1 Å². The molecule has 0 aliphatic rings. The SMILES string of the molecule is Cc1ccccc1CN(CC(=O)N[C@@H](C)c1ccc(Cl)cc1)S(=O)(=O)c1ccc(Cl)cc1. The summed E-state index contributed by atoms with van der Waals surface area (Å²) in [5, 5.41) is 3.91. The molecule has 0 spiro atoms. The zero-order chi connectivity index (χ0) is 23.3. The van der Waals surface area contributed by atoms with Gasteiger partial charge in [0.05, 0.1) is 17.5 Å². The highest BCUT2D eigenvalue weighted by Crippen LogP contribution is 2.22. The molecule has 0 bridgehead atoms. The second-order valence-corrected chi connectivity index (χ2v) is 10.3. The fraction of sp³-hybridized carbons (Fsp3) is 0.208. The van der Waals surface area contributed by atoms with Gasteiger partial charge in [0.25, 0.3) is 0 Å². The van der Waals surface area contributed by atoms with Gasteiger partial charge in [0, 0.05) is 16.6 Å². The molecule has 0 unspecified atom stereocenters. The molecule has 0 fully saturated rings. The van der Waals surface area contributed by atoms with Crippen molar-refractivity contribution in [3.63, 3.8) is 0 Å². The van der Waals surface area contributed by atoms with Crippen molar-refractivity contribution in [2.24, 2.45) is 0 Å². The monoisotopic (exact) mass is 490 g/mol. The van der Waals surface area contributed by atoms with Gasteiger partial charge in [-0.25, -0.2) is 8.42 Å². The lowest BCUT2D eigenvalue weighted by atomic mass is 10.1. The maximum Gasteiger partial charge on any atom is 0.243 e. The lowest BCUT2D eigenvalue weighted by Crippen LogP contribution is -2.41. The number of carbonyl (C=O) groups excluding carboxylic acids is 1. The van der Waals surface area contributed by atoms with Crippen LogP contribution >= 0.6 is 23.2 Å². The minimum Gasteiger partial charge on any atom is -0.348 e. The van der Waals surface area contributed by atoms with Crippen molar-refractivity contribution in [3.8, 4) is 0 Å². The third-order valence-electron chi connectivity index (χ3n) is 5.13. The average molecular weight is 491 g/mol. The Morgan fingerprint density at radius 2 is 1.50 bits per heavy atom. The zero-order valence-corrected chi connectivity index (χ0v) is 20.1. The number of nitrogens with zero attached hydrogens (tertiary/aromatic N) is 1. The van der Waals surface area contributed by atoms with Crippen LogP contribution in [-0.2, 0) is 21.4 Å². The fourth-order valence-corrected chi connectivity index (χ4v) is 4.87. The molecular formula is C24H24Cl2N2O3S. The van der Waals surface area contributed by atoms with E-state index < -0.39 is 15.9 Å². The topological polar surface area (TPSA) is 66.5 Å². The summed E-state index contributed by atoms with van der Waals surface area (Å²) in [5.41, 5.74) is 2.64. The minimum absolute atomic E-state index is 0.0698. The number of amides is 1. The number of sulfonamides is 1. The van der Waals surface area contributed by atoms with Crippen molar-refractivity contribution in [1.82, 2.24) is 9.62 Å². The molecule has 168 valence electrons. The van der Waals surface area contributed by atoms with Crippen LogP contribution in [0.2, 0.25) is 10.0 Å². The van der Waals surface area contributed by atoms with E-state index in [-0.39, 0.29) is 24.0 Å². The van der Waals surface area contributed by atoms with Gasteiger partial charge in [0.1, 0.15) is 0 Å². The Labute approximate surface area is 199 Å². The molecule has 0 heterocycles. The minimum atomic E-state index is -3.94. The average Bonchev–Trinajstić information content (AvgIpc) is 2.75. The number of aryl methyl sites for hydroxylation is 1. The number of benzene rings is 3. The van der Waals surface area contributed by atoms with Gasteiger partial charge in [-0.1, -0.05) is 59.6 Å². The Morgan fingerprint density at radius 1 is 0.938 bits per heavy atom. The Hall–Kier alpha value is -2.38. The summed E-state index contributed by atoms with van der Waals surface area (Å²) in [4.78, 5) is 12.9. The number of hydrogen-bond acceptors (Lipinski definition) is 3. The van der Waals surface area contributed by atoms with E-state index in [0.29, 0.717) is 10.0 Å². The Kier molecular flexibility index (Phi) is 7.96. The van der Waals surface area contributed by atoms with Gasteiger partial charge >= 0.3 is 0 Å². The molecule has 0 radical (unpaired) electrons. The first-order valence-electron chi connectivity index (χ1n) is 10.0. The van der Waals surface area contributed by atoms with Crippen LogP contribution in [0, 0.1) is 6.92 Å². The first-order valence-corrected chi connectivity index (χ1v) is 12.2. The van der Waals surface area contributed by atoms with E-state index in [9.17, 15) is 13.2 Å². The summed E-state index contributed by atoms with van der Waals surface area (Å²) in [7, 11) is -3.94. The van der Waals surface area contributed by atoms with Crippen LogP contribution in [0.1, 0.15) is 29.7 Å². The Balaban J connectivity index is 1.84. The van der Waals surface area contributed by atoms with E-state index in [4.69, 9.17) is 23.2 Å². The first kappa shape index (κ1) is 24.3. The standard InChI is InChI=1S/C24H24Cl2N2O3S/c1-17-5-3-4-6-20(17)15-28(32(30,31)23-13-11-22(26)12-14-23)16-24(29)27-18(2)19-7-9-21(25)10-8-19/h3-14,18H,15-16H2,1-2H3,(H,27,29)/t18-/m0/s1. The first-order chi connectivity index (χ1) is 15.2. The molecule has 0 saturated carbocycles. The normalized spacial score (nSPS) is 12.5. The molecule has 0 saturated heterocycles. The van der Waals surface area contributed by atoms with Crippen LogP contribution in [0.25, 0.3) is 0 Å². The van der Waals surface area contributed by atoms with E-state index in [1.807, 2.05) is 50.2 Å². The van der Waals surface area contributed by atoms with Gasteiger partial charge in [-0.05, 0) is 66.9 Å². The summed E-state index contributed by atoms with van der Waals surface area (Å²) < 4.78 is 27.9. The fourth-order valence-electron chi connectivity index (χ4n) is 3.24. The highest BCUT2D eigenvalue weighted by molar-refractivity contribution is 7.89. The van der Waals surface area contributed by atoms with Crippen LogP contribution in [0.15, 0.2) is 77.7 Å². The molecule has 0 aliphatic carbocycles. The maximum atomic E-state index is 13.4. The van der Waals surface area contributed by atoms with Crippen LogP contribution in [0.4, 0.5) is 0 Å². The van der Waals surface area contributed by atoms with Crippen molar-refractivity contribution in [2.75, 3.05) is 6.54 Å². The Morgan fingerprint density at radius 3 is 2.09 bits per heavy atom. The second-order valence-electron chi connectivity index (χ2n) is 7.49. The van der Waals surface area contributed by atoms with Crippen LogP contribution in [0.5, 0.6) is 0 Å². The van der Waals surface area contributed by atoms with Gasteiger partial charge in [-0.2, -0.15) is 4.31 Å². The van der Waals surface area contributed by atoms with Crippen LogP contribution in [0.3, 0.4) is 0 Å². The zero-order valence-electron chi connectivity index (χ0n) is 17.8. The third kappa shape index (κ3) is 6.11. The number of carbonyl (C=O) groups is 1. The summed E-state index contributed by atoms with van der Waals surface area (Å²) in [6.07, 6.45) is 0. The molecule has 32 heavy (non-hydrogen) atoms. The molecule has 0 aromatic heterocycles. The van der Waals surface area contributed by atoms with Crippen molar-refractivity contribution < 1.29 is 13.2 Å².